The number of likely N-dealkylation sites (tertiary alicyclic amines) is 1. The van der Waals surface area contributed by atoms with Crippen LogP contribution in [0.5, 0.6) is 11.5 Å². The van der Waals surface area contributed by atoms with Crippen molar-refractivity contribution < 1.29 is 24.2 Å². The highest BCUT2D eigenvalue weighted by molar-refractivity contribution is 6.47. The molecule has 1 aliphatic rings. The molecule has 1 amide bonds. The van der Waals surface area contributed by atoms with E-state index in [-0.39, 0.29) is 33.5 Å². The van der Waals surface area contributed by atoms with E-state index in [4.69, 9.17) is 44.3 Å². The Labute approximate surface area is 216 Å². The predicted octanol–water partition coefficient (Wildman–Crippen LogP) is 5.68. The summed E-state index contributed by atoms with van der Waals surface area (Å²) >= 11 is 18.6. The first-order valence-corrected chi connectivity index (χ1v) is 11.4. The second-order valence-corrected chi connectivity index (χ2v) is 8.87. The fourth-order valence-electron chi connectivity index (χ4n) is 3.95. The molecule has 2 aromatic carbocycles. The number of hydrogen-bond acceptors (Lipinski definition) is 6. The van der Waals surface area contributed by atoms with Crippen LogP contribution in [0, 0.1) is 0 Å². The van der Waals surface area contributed by atoms with Gasteiger partial charge in [-0.25, -0.2) is 0 Å². The molecular formula is C25H19Cl3N2O5. The van der Waals surface area contributed by atoms with E-state index >= 15 is 0 Å². The third kappa shape index (κ3) is 4.67. The van der Waals surface area contributed by atoms with E-state index in [1.807, 2.05) is 0 Å². The van der Waals surface area contributed by atoms with Crippen molar-refractivity contribution >= 4 is 52.3 Å². The fourth-order valence-corrected chi connectivity index (χ4v) is 4.50. The van der Waals surface area contributed by atoms with Gasteiger partial charge in [-0.3, -0.25) is 14.6 Å². The number of aliphatic hydroxyl groups excluding tert-OH is 1. The Morgan fingerprint density at radius 1 is 1.00 bits per heavy atom. The quantitative estimate of drug-likeness (QED) is 0.249. The molecule has 0 spiro atoms. The number of amides is 1. The third-order valence-corrected chi connectivity index (χ3v) is 6.64. The van der Waals surface area contributed by atoms with Crippen LogP contribution in [-0.4, -0.2) is 40.9 Å². The SMILES string of the molecule is COc1cc(OC)c(/C(O)=C2\C(=O)C(=O)N(Cc3cccnc3)C2c2ccc(Cl)c(Cl)c2)cc1Cl. The van der Waals surface area contributed by atoms with Crippen molar-refractivity contribution in [3.8, 4) is 11.5 Å². The lowest BCUT2D eigenvalue weighted by Crippen LogP contribution is -2.29. The largest absolute Gasteiger partial charge is 0.507 e. The molecule has 1 aliphatic heterocycles. The third-order valence-electron chi connectivity index (χ3n) is 5.60. The summed E-state index contributed by atoms with van der Waals surface area (Å²) in [6.45, 7) is 0.0700. The van der Waals surface area contributed by atoms with Gasteiger partial charge in [0, 0.05) is 25.0 Å². The maximum absolute atomic E-state index is 13.3. The predicted molar refractivity (Wildman–Crippen MR) is 133 cm³/mol. The lowest BCUT2D eigenvalue weighted by Gasteiger charge is -2.26. The second-order valence-electron chi connectivity index (χ2n) is 7.65. The van der Waals surface area contributed by atoms with Gasteiger partial charge in [0.15, 0.2) is 0 Å². The van der Waals surface area contributed by atoms with Crippen LogP contribution in [0.4, 0.5) is 0 Å². The van der Waals surface area contributed by atoms with Gasteiger partial charge in [0.1, 0.15) is 17.3 Å². The first kappa shape index (κ1) is 24.9. The molecule has 1 atom stereocenters. The number of Topliss-reactive ketones (excluding diaryl/α,β-unsaturated/α-hetero) is 1. The lowest BCUT2D eigenvalue weighted by molar-refractivity contribution is -0.140. The smallest absolute Gasteiger partial charge is 0.295 e. The summed E-state index contributed by atoms with van der Waals surface area (Å²) in [5.41, 5.74) is 1.17. The molecule has 1 unspecified atom stereocenters. The van der Waals surface area contributed by atoms with Gasteiger partial charge >= 0.3 is 0 Å². The molecule has 0 aliphatic carbocycles. The number of carbonyl (C=O) groups is 2. The van der Waals surface area contributed by atoms with Crippen LogP contribution in [0.2, 0.25) is 15.1 Å². The van der Waals surface area contributed by atoms with Gasteiger partial charge in [0.2, 0.25) is 0 Å². The van der Waals surface area contributed by atoms with Crippen LogP contribution in [0.15, 0.2) is 60.4 Å². The number of nitrogens with zero attached hydrogens (tertiary/aromatic N) is 2. The highest BCUT2D eigenvalue weighted by atomic mass is 35.5. The number of ketones is 1. The Bertz CT molecular complexity index is 1340. The number of hydrogen-bond donors (Lipinski definition) is 1. The zero-order valence-electron chi connectivity index (χ0n) is 18.6. The Morgan fingerprint density at radius 2 is 1.74 bits per heavy atom. The van der Waals surface area contributed by atoms with Gasteiger partial charge in [-0.2, -0.15) is 0 Å². The monoisotopic (exact) mass is 532 g/mol. The van der Waals surface area contributed by atoms with E-state index in [0.29, 0.717) is 21.9 Å². The summed E-state index contributed by atoms with van der Waals surface area (Å²) in [5.74, 6) is -1.58. The zero-order chi connectivity index (χ0) is 25.3. The number of aromatic nitrogens is 1. The van der Waals surface area contributed by atoms with Crippen LogP contribution in [-0.2, 0) is 16.1 Å². The molecule has 7 nitrogen and oxygen atoms in total. The van der Waals surface area contributed by atoms with Gasteiger partial charge < -0.3 is 19.5 Å². The molecule has 1 fully saturated rings. The van der Waals surface area contributed by atoms with Crippen molar-refractivity contribution in [1.29, 1.82) is 0 Å². The Balaban J connectivity index is 1.94. The molecule has 1 N–H and O–H groups in total. The molecule has 1 aromatic heterocycles. The van der Waals surface area contributed by atoms with Crippen molar-refractivity contribution in [3.05, 3.63) is 92.2 Å². The Hall–Kier alpha value is -3.26. The summed E-state index contributed by atoms with van der Waals surface area (Å²) in [6, 6.07) is 10.2. The Morgan fingerprint density at radius 3 is 2.37 bits per heavy atom. The minimum Gasteiger partial charge on any atom is -0.507 e. The maximum atomic E-state index is 13.3. The zero-order valence-corrected chi connectivity index (χ0v) is 20.9. The average molecular weight is 534 g/mol. The van der Waals surface area contributed by atoms with Crippen LogP contribution in [0.3, 0.4) is 0 Å². The summed E-state index contributed by atoms with van der Waals surface area (Å²) in [7, 11) is 2.84. The minimum absolute atomic E-state index is 0.0700. The summed E-state index contributed by atoms with van der Waals surface area (Å²) < 4.78 is 10.6. The minimum atomic E-state index is -0.962. The van der Waals surface area contributed by atoms with E-state index in [1.165, 1.54) is 31.3 Å². The molecule has 0 bridgehead atoms. The van der Waals surface area contributed by atoms with E-state index in [0.717, 1.165) is 0 Å². The van der Waals surface area contributed by atoms with Crippen LogP contribution < -0.4 is 9.47 Å². The van der Waals surface area contributed by atoms with E-state index in [1.54, 1.807) is 42.7 Å². The Kier molecular flexibility index (Phi) is 7.21. The molecular weight excluding hydrogens is 515 g/mol. The molecule has 1 saturated heterocycles. The van der Waals surface area contributed by atoms with Crippen molar-refractivity contribution in [2.45, 2.75) is 12.6 Å². The van der Waals surface area contributed by atoms with Gasteiger partial charge in [0.25, 0.3) is 11.7 Å². The van der Waals surface area contributed by atoms with Gasteiger partial charge in [-0.1, -0.05) is 46.9 Å². The maximum Gasteiger partial charge on any atom is 0.295 e. The van der Waals surface area contributed by atoms with Crippen LogP contribution >= 0.6 is 34.8 Å². The number of aliphatic hydroxyl groups is 1. The van der Waals surface area contributed by atoms with Gasteiger partial charge in [-0.05, 0) is 35.4 Å². The molecule has 10 heteroatoms. The number of ether oxygens (including phenoxy) is 2. The fraction of sp³-hybridized carbons (Fsp3) is 0.160. The average Bonchev–Trinajstić information content (AvgIpc) is 3.10. The highest BCUT2D eigenvalue weighted by Gasteiger charge is 2.46. The van der Waals surface area contributed by atoms with Crippen molar-refractivity contribution in [2.24, 2.45) is 0 Å². The molecule has 2 heterocycles. The lowest BCUT2D eigenvalue weighted by atomic mass is 9.94. The van der Waals surface area contributed by atoms with Crippen molar-refractivity contribution in [2.75, 3.05) is 14.2 Å². The molecule has 3 aromatic rings. The van der Waals surface area contributed by atoms with Crippen molar-refractivity contribution in [1.82, 2.24) is 9.88 Å². The molecule has 0 saturated carbocycles. The number of pyridine rings is 1. The first-order chi connectivity index (χ1) is 16.8. The van der Waals surface area contributed by atoms with Crippen LogP contribution in [0.25, 0.3) is 5.76 Å². The number of benzene rings is 2. The highest BCUT2D eigenvalue weighted by Crippen LogP contribution is 2.44. The first-order valence-electron chi connectivity index (χ1n) is 10.3. The molecule has 35 heavy (non-hydrogen) atoms. The summed E-state index contributed by atoms with van der Waals surface area (Å²) in [4.78, 5) is 31.9. The number of methoxy groups -OCH3 is 2. The summed E-state index contributed by atoms with van der Waals surface area (Å²) in [6.07, 6.45) is 3.20. The van der Waals surface area contributed by atoms with E-state index in [2.05, 4.69) is 4.98 Å². The van der Waals surface area contributed by atoms with Crippen LogP contribution in [0.1, 0.15) is 22.7 Å². The molecule has 180 valence electrons. The van der Waals surface area contributed by atoms with Crippen molar-refractivity contribution in [3.63, 3.8) is 0 Å². The standard InChI is InChI=1S/C25H19Cl3N2O5/c1-34-19-10-20(35-2)18(28)9-15(19)23(31)21-22(14-5-6-16(26)17(27)8-14)30(25(33)24(21)32)12-13-4-3-7-29-11-13/h3-11,22,31H,12H2,1-2H3/b23-21+. The normalized spacial score (nSPS) is 17.1. The summed E-state index contributed by atoms with van der Waals surface area (Å²) in [5, 5.41) is 12.1. The van der Waals surface area contributed by atoms with E-state index in [9.17, 15) is 14.7 Å². The molecule has 0 radical (unpaired) electrons. The number of halogens is 3. The molecule has 4 rings (SSSR count). The second kappa shape index (κ2) is 10.2. The van der Waals surface area contributed by atoms with E-state index < -0.39 is 23.5 Å². The number of rotatable bonds is 6. The van der Waals surface area contributed by atoms with Gasteiger partial charge in [0.05, 0.1) is 46.5 Å². The number of carbonyl (C=O) groups excluding carboxylic acids is 2. The topological polar surface area (TPSA) is 89.0 Å². The van der Waals surface area contributed by atoms with Gasteiger partial charge in [-0.15, -0.1) is 0 Å².